The van der Waals surface area contributed by atoms with Crippen LogP contribution in [-0.4, -0.2) is 35.5 Å². The first kappa shape index (κ1) is 15.7. The standard InChI is InChI=1S/C15H21ClN2OS/c1-11(17-14-3-2-13(16)10-15(14)20)18-7-4-12(5-8-18)6-9-19/h2-3,10,12,19-20H,4-9H2,1H3. The Balaban J connectivity index is 2.01. The maximum absolute atomic E-state index is 8.98. The predicted molar refractivity (Wildman–Crippen MR) is 87.5 cm³/mol. The molecule has 1 aliphatic rings. The summed E-state index contributed by atoms with van der Waals surface area (Å²) in [5.41, 5.74) is 0.854. The Morgan fingerprint density at radius 3 is 2.75 bits per heavy atom. The molecule has 0 unspecified atom stereocenters. The third-order valence-electron chi connectivity index (χ3n) is 3.83. The average Bonchev–Trinajstić information content (AvgIpc) is 2.43. The van der Waals surface area contributed by atoms with Crippen molar-refractivity contribution < 1.29 is 5.11 Å². The van der Waals surface area contributed by atoms with Crippen molar-refractivity contribution >= 4 is 35.8 Å². The Morgan fingerprint density at radius 2 is 2.15 bits per heavy atom. The molecule has 1 saturated heterocycles. The van der Waals surface area contributed by atoms with Gasteiger partial charge in [-0.25, -0.2) is 4.99 Å². The zero-order valence-electron chi connectivity index (χ0n) is 11.7. The van der Waals surface area contributed by atoms with E-state index in [4.69, 9.17) is 16.7 Å². The first-order valence-electron chi connectivity index (χ1n) is 6.99. The normalized spacial score (nSPS) is 17.6. The van der Waals surface area contributed by atoms with E-state index >= 15 is 0 Å². The van der Waals surface area contributed by atoms with Gasteiger partial charge in [0.1, 0.15) is 5.84 Å². The molecule has 1 fully saturated rings. The molecule has 1 heterocycles. The second kappa shape index (κ2) is 7.34. The fourth-order valence-corrected chi connectivity index (χ4v) is 3.08. The molecule has 110 valence electrons. The highest BCUT2D eigenvalue weighted by molar-refractivity contribution is 7.80. The smallest absolute Gasteiger partial charge is 0.102 e. The van der Waals surface area contributed by atoms with Crippen LogP contribution in [0.15, 0.2) is 28.1 Å². The number of aliphatic hydroxyl groups excluding tert-OH is 1. The van der Waals surface area contributed by atoms with Gasteiger partial charge in [0.05, 0.1) is 5.69 Å². The molecule has 1 N–H and O–H groups in total. The Kier molecular flexibility index (Phi) is 5.75. The molecule has 0 radical (unpaired) electrons. The van der Waals surface area contributed by atoms with Gasteiger partial charge in [-0.2, -0.15) is 0 Å². The number of rotatable bonds is 3. The quantitative estimate of drug-likeness (QED) is 0.506. The van der Waals surface area contributed by atoms with Crippen molar-refractivity contribution in [3.8, 4) is 0 Å². The summed E-state index contributed by atoms with van der Waals surface area (Å²) in [6.45, 7) is 4.35. The molecule has 1 aliphatic heterocycles. The fourth-order valence-electron chi connectivity index (χ4n) is 2.56. The Labute approximate surface area is 131 Å². The van der Waals surface area contributed by atoms with Crippen LogP contribution in [0, 0.1) is 5.92 Å². The number of hydrogen-bond donors (Lipinski definition) is 2. The minimum atomic E-state index is 0.297. The third kappa shape index (κ3) is 4.14. The Morgan fingerprint density at radius 1 is 1.45 bits per heavy atom. The lowest BCUT2D eigenvalue weighted by Crippen LogP contribution is -2.37. The van der Waals surface area contributed by atoms with E-state index in [0.29, 0.717) is 17.5 Å². The van der Waals surface area contributed by atoms with E-state index in [0.717, 1.165) is 48.8 Å². The summed E-state index contributed by atoms with van der Waals surface area (Å²) in [6, 6.07) is 5.54. The lowest BCUT2D eigenvalue weighted by Gasteiger charge is -2.33. The maximum atomic E-state index is 8.98. The number of halogens is 1. The summed E-state index contributed by atoms with van der Waals surface area (Å²) in [5, 5.41) is 9.66. The molecule has 0 atom stereocenters. The van der Waals surface area contributed by atoms with Crippen LogP contribution >= 0.6 is 24.2 Å². The van der Waals surface area contributed by atoms with E-state index in [2.05, 4.69) is 22.5 Å². The van der Waals surface area contributed by atoms with E-state index in [-0.39, 0.29) is 0 Å². The van der Waals surface area contributed by atoms with Crippen LogP contribution in [0.4, 0.5) is 5.69 Å². The van der Waals surface area contributed by atoms with E-state index in [1.807, 2.05) is 25.1 Å². The van der Waals surface area contributed by atoms with E-state index in [9.17, 15) is 0 Å². The highest BCUT2D eigenvalue weighted by Gasteiger charge is 2.19. The minimum Gasteiger partial charge on any atom is -0.396 e. The second-order valence-corrected chi connectivity index (χ2v) is 6.15. The number of nitrogens with zero attached hydrogens (tertiary/aromatic N) is 2. The second-order valence-electron chi connectivity index (χ2n) is 5.23. The van der Waals surface area contributed by atoms with Gasteiger partial charge >= 0.3 is 0 Å². The number of benzene rings is 1. The van der Waals surface area contributed by atoms with Crippen LogP contribution < -0.4 is 0 Å². The number of aliphatic hydroxyl groups is 1. The first-order valence-corrected chi connectivity index (χ1v) is 7.82. The third-order valence-corrected chi connectivity index (χ3v) is 4.42. The minimum absolute atomic E-state index is 0.297. The summed E-state index contributed by atoms with van der Waals surface area (Å²) in [7, 11) is 0. The van der Waals surface area contributed by atoms with Crippen molar-refractivity contribution in [2.45, 2.75) is 31.1 Å². The van der Waals surface area contributed by atoms with Crippen LogP contribution in [0.25, 0.3) is 0 Å². The molecule has 2 rings (SSSR count). The molecule has 0 aromatic heterocycles. The monoisotopic (exact) mass is 312 g/mol. The van der Waals surface area contributed by atoms with Gasteiger partial charge in [0.25, 0.3) is 0 Å². The lowest BCUT2D eigenvalue weighted by molar-refractivity contribution is 0.203. The Hall–Kier alpha value is -0.710. The number of aliphatic imine (C=N–C) groups is 1. The van der Waals surface area contributed by atoms with Gasteiger partial charge in [-0.15, -0.1) is 12.6 Å². The van der Waals surface area contributed by atoms with Gasteiger partial charge < -0.3 is 10.0 Å². The molecule has 0 aliphatic carbocycles. The largest absolute Gasteiger partial charge is 0.396 e. The zero-order valence-corrected chi connectivity index (χ0v) is 13.4. The molecule has 0 saturated carbocycles. The zero-order chi connectivity index (χ0) is 14.5. The number of amidine groups is 1. The van der Waals surface area contributed by atoms with Crippen molar-refractivity contribution in [2.75, 3.05) is 19.7 Å². The number of likely N-dealkylation sites (tertiary alicyclic amines) is 1. The van der Waals surface area contributed by atoms with Crippen LogP contribution in [0.2, 0.25) is 5.02 Å². The topological polar surface area (TPSA) is 35.8 Å². The number of thiol groups is 1. The van der Waals surface area contributed by atoms with Gasteiger partial charge in [-0.3, -0.25) is 0 Å². The molecule has 0 bridgehead atoms. The van der Waals surface area contributed by atoms with Crippen molar-refractivity contribution in [3.63, 3.8) is 0 Å². The summed E-state index contributed by atoms with van der Waals surface area (Å²) >= 11 is 10.3. The van der Waals surface area contributed by atoms with Gasteiger partial charge in [-0.05, 0) is 50.3 Å². The molecular formula is C15H21ClN2OS. The molecule has 5 heteroatoms. The van der Waals surface area contributed by atoms with Gasteiger partial charge in [0, 0.05) is 29.6 Å². The van der Waals surface area contributed by atoms with Crippen molar-refractivity contribution in [1.82, 2.24) is 4.90 Å². The van der Waals surface area contributed by atoms with E-state index in [1.54, 1.807) is 0 Å². The Bertz CT molecular complexity index is 485. The first-order chi connectivity index (χ1) is 9.60. The summed E-state index contributed by atoms with van der Waals surface area (Å²) in [6.07, 6.45) is 3.17. The average molecular weight is 313 g/mol. The lowest BCUT2D eigenvalue weighted by atomic mass is 9.94. The molecule has 20 heavy (non-hydrogen) atoms. The molecule has 0 spiro atoms. The molecular weight excluding hydrogens is 292 g/mol. The highest BCUT2D eigenvalue weighted by atomic mass is 35.5. The van der Waals surface area contributed by atoms with Gasteiger partial charge in [-0.1, -0.05) is 11.6 Å². The van der Waals surface area contributed by atoms with Crippen LogP contribution in [0.5, 0.6) is 0 Å². The van der Waals surface area contributed by atoms with E-state index in [1.165, 1.54) is 0 Å². The van der Waals surface area contributed by atoms with Crippen molar-refractivity contribution in [3.05, 3.63) is 23.2 Å². The maximum Gasteiger partial charge on any atom is 0.102 e. The van der Waals surface area contributed by atoms with Gasteiger partial charge in [0.2, 0.25) is 0 Å². The van der Waals surface area contributed by atoms with Crippen LogP contribution in [0.1, 0.15) is 26.2 Å². The van der Waals surface area contributed by atoms with Crippen molar-refractivity contribution in [2.24, 2.45) is 10.9 Å². The summed E-state index contributed by atoms with van der Waals surface area (Å²) in [4.78, 5) is 7.75. The molecule has 1 aromatic rings. The fraction of sp³-hybridized carbons (Fsp3) is 0.533. The molecule has 0 amide bonds. The molecule has 3 nitrogen and oxygen atoms in total. The summed E-state index contributed by atoms with van der Waals surface area (Å²) < 4.78 is 0. The number of hydrogen-bond acceptors (Lipinski definition) is 3. The van der Waals surface area contributed by atoms with Gasteiger partial charge in [0.15, 0.2) is 0 Å². The molecule has 1 aromatic carbocycles. The van der Waals surface area contributed by atoms with Crippen LogP contribution in [-0.2, 0) is 0 Å². The predicted octanol–water partition coefficient (Wildman–Crippen LogP) is 3.77. The van der Waals surface area contributed by atoms with Crippen molar-refractivity contribution in [1.29, 1.82) is 0 Å². The highest BCUT2D eigenvalue weighted by Crippen LogP contribution is 2.27. The number of piperidine rings is 1. The summed E-state index contributed by atoms with van der Waals surface area (Å²) in [5.74, 6) is 1.67. The van der Waals surface area contributed by atoms with E-state index < -0.39 is 0 Å². The SMILES string of the molecule is CC(=Nc1ccc(Cl)cc1S)N1CCC(CCO)CC1. The van der Waals surface area contributed by atoms with Crippen LogP contribution in [0.3, 0.4) is 0 Å².